The van der Waals surface area contributed by atoms with E-state index in [4.69, 9.17) is 4.74 Å². The highest BCUT2D eigenvalue weighted by Gasteiger charge is 2.21. The third kappa shape index (κ3) is 9.57. The molecule has 3 nitrogen and oxygen atoms in total. The van der Waals surface area contributed by atoms with E-state index < -0.39 is 5.60 Å². The van der Waals surface area contributed by atoms with Crippen molar-refractivity contribution in [3.8, 4) is 0 Å². The van der Waals surface area contributed by atoms with Crippen molar-refractivity contribution >= 4 is 6.09 Å². The summed E-state index contributed by atoms with van der Waals surface area (Å²) in [7, 11) is 0. The summed E-state index contributed by atoms with van der Waals surface area (Å²) in [6.07, 6.45) is 0.482. The fraction of sp³-hybridized carbons (Fsp3) is 0.833. The minimum absolute atomic E-state index is 0.180. The van der Waals surface area contributed by atoms with Crippen LogP contribution in [0.1, 0.15) is 54.9 Å². The summed E-state index contributed by atoms with van der Waals surface area (Å²) in [6.45, 7) is 13.9. The van der Waals surface area contributed by atoms with E-state index in [0.29, 0.717) is 0 Å². The lowest BCUT2D eigenvalue weighted by Gasteiger charge is -2.25. The number of carbonyl (C=O) groups is 1. The molecule has 1 amide bonds. The van der Waals surface area contributed by atoms with Crippen LogP contribution in [-0.2, 0) is 4.74 Å². The standard InChI is InChI=1S/C12H24NO2/c1-9(8-11(2,3)4)13-10(14)15-12(5,6)7/h8H2,1-7H3,(H,13,14). The Hall–Kier alpha value is -0.730. The molecule has 0 aliphatic rings. The van der Waals surface area contributed by atoms with Gasteiger partial charge in [0.05, 0.1) is 6.04 Å². The molecule has 0 aliphatic carbocycles. The Kier molecular flexibility index (Phi) is 4.63. The van der Waals surface area contributed by atoms with Crippen molar-refractivity contribution in [3.63, 3.8) is 0 Å². The number of nitrogens with one attached hydrogen (secondary N) is 1. The molecule has 15 heavy (non-hydrogen) atoms. The molecule has 89 valence electrons. The molecule has 0 aromatic carbocycles. The monoisotopic (exact) mass is 214 g/mol. The summed E-state index contributed by atoms with van der Waals surface area (Å²) >= 11 is 0. The summed E-state index contributed by atoms with van der Waals surface area (Å²) in [4.78, 5) is 11.4. The maximum absolute atomic E-state index is 11.4. The maximum atomic E-state index is 11.4. The zero-order valence-corrected chi connectivity index (χ0v) is 11.0. The van der Waals surface area contributed by atoms with Gasteiger partial charge in [-0.15, -0.1) is 0 Å². The van der Waals surface area contributed by atoms with Crippen LogP contribution in [-0.4, -0.2) is 11.7 Å². The van der Waals surface area contributed by atoms with E-state index in [2.05, 4.69) is 26.1 Å². The van der Waals surface area contributed by atoms with Crippen LogP contribution in [0.25, 0.3) is 0 Å². The number of amides is 1. The van der Waals surface area contributed by atoms with Crippen molar-refractivity contribution in [1.82, 2.24) is 5.32 Å². The Morgan fingerprint density at radius 3 is 1.93 bits per heavy atom. The summed E-state index contributed by atoms with van der Waals surface area (Å²) < 4.78 is 5.15. The Balaban J connectivity index is 3.98. The summed E-state index contributed by atoms with van der Waals surface area (Å²) in [5.74, 6) is 0. The Labute approximate surface area is 93.6 Å². The van der Waals surface area contributed by atoms with Gasteiger partial charge < -0.3 is 10.1 Å². The first-order valence-electron chi connectivity index (χ1n) is 5.32. The van der Waals surface area contributed by atoms with E-state index in [-0.39, 0.29) is 11.5 Å². The first-order valence-corrected chi connectivity index (χ1v) is 5.32. The first-order chi connectivity index (χ1) is 6.49. The molecule has 1 radical (unpaired) electrons. The van der Waals surface area contributed by atoms with Gasteiger partial charge in [-0.2, -0.15) is 0 Å². The molecule has 0 atom stereocenters. The zero-order chi connectivity index (χ0) is 12.3. The van der Waals surface area contributed by atoms with Gasteiger partial charge in [0, 0.05) is 0 Å². The number of hydrogen-bond donors (Lipinski definition) is 1. The minimum Gasteiger partial charge on any atom is -0.444 e. The maximum Gasteiger partial charge on any atom is 0.408 e. The molecule has 0 rings (SSSR count). The van der Waals surface area contributed by atoms with E-state index in [0.717, 1.165) is 12.5 Å². The van der Waals surface area contributed by atoms with Crippen molar-refractivity contribution in [2.24, 2.45) is 5.41 Å². The molecule has 0 saturated heterocycles. The van der Waals surface area contributed by atoms with Crippen LogP contribution in [0.2, 0.25) is 0 Å². The molecule has 0 saturated carbocycles. The van der Waals surface area contributed by atoms with Crippen molar-refractivity contribution in [1.29, 1.82) is 0 Å². The van der Waals surface area contributed by atoms with Gasteiger partial charge in [-0.25, -0.2) is 4.79 Å². The summed E-state index contributed by atoms with van der Waals surface area (Å²) in [6, 6.07) is 0.941. The lowest BCUT2D eigenvalue weighted by atomic mass is 9.89. The minimum atomic E-state index is -0.438. The van der Waals surface area contributed by atoms with Crippen molar-refractivity contribution in [2.75, 3.05) is 0 Å². The van der Waals surface area contributed by atoms with Crippen molar-refractivity contribution < 1.29 is 9.53 Å². The first kappa shape index (κ1) is 14.3. The van der Waals surface area contributed by atoms with E-state index in [1.54, 1.807) is 0 Å². The zero-order valence-electron chi connectivity index (χ0n) is 11.0. The van der Waals surface area contributed by atoms with Crippen LogP contribution >= 0.6 is 0 Å². The van der Waals surface area contributed by atoms with Crippen molar-refractivity contribution in [2.45, 2.75) is 60.5 Å². The molecule has 0 fully saturated rings. The molecule has 0 aromatic rings. The second-order valence-corrected chi connectivity index (χ2v) is 6.14. The highest BCUT2D eigenvalue weighted by Crippen LogP contribution is 2.23. The van der Waals surface area contributed by atoms with E-state index in [1.807, 2.05) is 27.7 Å². The fourth-order valence-corrected chi connectivity index (χ4v) is 1.32. The van der Waals surface area contributed by atoms with Crippen LogP contribution in [0.3, 0.4) is 0 Å². The molecule has 0 spiro atoms. The average molecular weight is 214 g/mol. The highest BCUT2D eigenvalue weighted by atomic mass is 16.6. The van der Waals surface area contributed by atoms with Crippen molar-refractivity contribution in [3.05, 3.63) is 6.04 Å². The smallest absolute Gasteiger partial charge is 0.408 e. The van der Waals surface area contributed by atoms with E-state index in [9.17, 15) is 4.79 Å². The van der Waals surface area contributed by atoms with Gasteiger partial charge in [-0.05, 0) is 39.5 Å². The van der Waals surface area contributed by atoms with Crippen LogP contribution in [0.5, 0.6) is 0 Å². The third-order valence-electron chi connectivity index (χ3n) is 1.51. The molecular formula is C12H24NO2. The van der Waals surface area contributed by atoms with Gasteiger partial charge in [0.2, 0.25) is 0 Å². The lowest BCUT2D eigenvalue weighted by Crippen LogP contribution is -2.35. The molecule has 0 unspecified atom stereocenters. The molecule has 3 heteroatoms. The predicted molar refractivity (Wildman–Crippen MR) is 62.4 cm³/mol. The van der Waals surface area contributed by atoms with Gasteiger partial charge in [0.25, 0.3) is 0 Å². The quantitative estimate of drug-likeness (QED) is 0.764. The number of ether oxygens (including phenoxy) is 1. The molecule has 0 aromatic heterocycles. The molecule has 0 heterocycles. The molecule has 0 bridgehead atoms. The second-order valence-electron chi connectivity index (χ2n) is 6.14. The Bertz CT molecular complexity index is 211. The number of alkyl carbamates (subject to hydrolysis) is 1. The average Bonchev–Trinajstić information content (AvgIpc) is 1.73. The normalized spacial score (nSPS) is 12.8. The number of hydrogen-bond acceptors (Lipinski definition) is 2. The van der Waals surface area contributed by atoms with Gasteiger partial charge >= 0.3 is 6.09 Å². The molecule has 1 N–H and O–H groups in total. The van der Waals surface area contributed by atoms with Crippen LogP contribution in [0.4, 0.5) is 4.79 Å². The third-order valence-corrected chi connectivity index (χ3v) is 1.51. The van der Waals surface area contributed by atoms with E-state index >= 15 is 0 Å². The molecular weight excluding hydrogens is 190 g/mol. The Morgan fingerprint density at radius 2 is 1.60 bits per heavy atom. The predicted octanol–water partition coefficient (Wildman–Crippen LogP) is 3.50. The molecule has 0 aliphatic heterocycles. The van der Waals surface area contributed by atoms with E-state index in [1.165, 1.54) is 0 Å². The van der Waals surface area contributed by atoms with Gasteiger partial charge in [-0.1, -0.05) is 20.8 Å². The summed E-state index contributed by atoms with van der Waals surface area (Å²) in [5, 5.41) is 2.75. The van der Waals surface area contributed by atoms with Gasteiger partial charge in [0.1, 0.15) is 5.60 Å². The number of carbonyl (C=O) groups excluding carboxylic acids is 1. The second kappa shape index (κ2) is 4.86. The fourth-order valence-electron chi connectivity index (χ4n) is 1.32. The number of rotatable bonds is 2. The van der Waals surface area contributed by atoms with Crippen LogP contribution in [0, 0.1) is 11.5 Å². The topological polar surface area (TPSA) is 38.3 Å². The SMILES string of the molecule is C[C](CC(C)(C)C)NC(=O)OC(C)(C)C. The van der Waals surface area contributed by atoms with Gasteiger partial charge in [0.15, 0.2) is 0 Å². The largest absolute Gasteiger partial charge is 0.444 e. The summed E-state index contributed by atoms with van der Waals surface area (Å²) in [5.41, 5.74) is -0.259. The van der Waals surface area contributed by atoms with Crippen LogP contribution in [0.15, 0.2) is 0 Å². The van der Waals surface area contributed by atoms with Crippen LogP contribution < -0.4 is 5.32 Å². The Morgan fingerprint density at radius 1 is 1.13 bits per heavy atom. The highest BCUT2D eigenvalue weighted by molar-refractivity contribution is 5.69. The van der Waals surface area contributed by atoms with Gasteiger partial charge in [-0.3, -0.25) is 0 Å². The lowest BCUT2D eigenvalue weighted by molar-refractivity contribution is 0.0527.